The molecule has 1 heterocycles. The van der Waals surface area contributed by atoms with Gasteiger partial charge in [-0.05, 0) is 94.0 Å². The van der Waals surface area contributed by atoms with Crippen LogP contribution in [0, 0.1) is 40.4 Å². The molecule has 0 bridgehead atoms. The molecule has 1 aliphatic heterocycles. The summed E-state index contributed by atoms with van der Waals surface area (Å²) >= 11 is 0. The number of aliphatic hydroxyl groups is 2. The molecule has 0 spiro atoms. The van der Waals surface area contributed by atoms with E-state index >= 15 is 0 Å². The average Bonchev–Trinajstić information content (AvgIpc) is 3.07. The molecule has 0 radical (unpaired) electrons. The van der Waals surface area contributed by atoms with Gasteiger partial charge in [-0.3, -0.25) is 9.59 Å². The van der Waals surface area contributed by atoms with E-state index in [9.17, 15) is 19.8 Å². The maximum atomic E-state index is 12.5. The molecule has 5 rings (SSSR count). The number of ketones is 1. The van der Waals surface area contributed by atoms with Crippen molar-refractivity contribution in [3.8, 4) is 0 Å². The molecule has 0 aromatic rings. The summed E-state index contributed by atoms with van der Waals surface area (Å²) < 4.78 is 11.7. The van der Waals surface area contributed by atoms with E-state index in [0.29, 0.717) is 24.7 Å². The Balaban J connectivity index is 1.40. The van der Waals surface area contributed by atoms with Crippen LogP contribution in [0.4, 0.5) is 0 Å². The Bertz CT molecular complexity index is 970. The number of fused-ring (bicyclic) bond motifs is 5. The summed E-state index contributed by atoms with van der Waals surface area (Å²) in [6.45, 7) is 14.5. The van der Waals surface area contributed by atoms with Gasteiger partial charge in [-0.2, -0.15) is 0 Å². The van der Waals surface area contributed by atoms with E-state index < -0.39 is 23.7 Å². The lowest BCUT2D eigenvalue weighted by molar-refractivity contribution is -0.172. The molecule has 1 saturated heterocycles. The van der Waals surface area contributed by atoms with E-state index in [1.807, 2.05) is 0 Å². The number of carbonyl (C=O) groups excluding carboxylic acids is 2. The molecule has 0 aromatic carbocycles. The van der Waals surface area contributed by atoms with Crippen molar-refractivity contribution < 1.29 is 29.3 Å². The molecule has 6 heteroatoms. The third kappa shape index (κ3) is 3.76. The molecular formula is C30H46O6. The Hall–Kier alpha value is -1.24. The van der Waals surface area contributed by atoms with E-state index in [-0.39, 0.29) is 52.5 Å². The monoisotopic (exact) mass is 502 g/mol. The molecule has 4 aliphatic carbocycles. The van der Waals surface area contributed by atoms with Gasteiger partial charge in [0.05, 0.1) is 23.4 Å². The zero-order valence-electron chi connectivity index (χ0n) is 23.2. The van der Waals surface area contributed by atoms with Gasteiger partial charge in [-0.1, -0.05) is 26.3 Å². The molecular weight excluding hydrogens is 456 g/mol. The molecule has 202 valence electrons. The second kappa shape index (κ2) is 8.38. The molecule has 2 N–H and O–H groups in total. The highest BCUT2D eigenvalue weighted by atomic mass is 16.6. The second-order valence-electron chi connectivity index (χ2n) is 14.0. The number of epoxide rings is 1. The van der Waals surface area contributed by atoms with Gasteiger partial charge in [0.15, 0.2) is 5.78 Å². The first-order valence-corrected chi connectivity index (χ1v) is 14.1. The summed E-state index contributed by atoms with van der Waals surface area (Å²) in [4.78, 5) is 24.5. The predicted octanol–water partition coefficient (Wildman–Crippen LogP) is 4.60. The van der Waals surface area contributed by atoms with E-state index in [0.717, 1.165) is 31.3 Å². The van der Waals surface area contributed by atoms with Gasteiger partial charge in [0.25, 0.3) is 0 Å². The van der Waals surface area contributed by atoms with Crippen LogP contribution >= 0.6 is 0 Å². The molecule has 0 unspecified atom stereocenters. The Morgan fingerprint density at radius 2 is 1.81 bits per heavy atom. The molecule has 11 atom stereocenters. The minimum Gasteiger partial charge on any atom is -0.461 e. The van der Waals surface area contributed by atoms with E-state index in [1.54, 1.807) is 6.08 Å². The van der Waals surface area contributed by atoms with Crippen LogP contribution in [0.15, 0.2) is 11.6 Å². The van der Waals surface area contributed by atoms with Crippen LogP contribution in [0.5, 0.6) is 0 Å². The van der Waals surface area contributed by atoms with E-state index in [2.05, 4.69) is 41.5 Å². The van der Waals surface area contributed by atoms with Crippen LogP contribution in [-0.2, 0) is 19.1 Å². The minimum atomic E-state index is -0.499. The summed E-state index contributed by atoms with van der Waals surface area (Å²) in [5.41, 5.74) is 0.139. The van der Waals surface area contributed by atoms with Crippen molar-refractivity contribution in [1.29, 1.82) is 0 Å². The van der Waals surface area contributed by atoms with Crippen molar-refractivity contribution in [2.75, 3.05) is 0 Å². The number of carbonyl (C=O) groups is 2. The largest absolute Gasteiger partial charge is 0.461 e. The lowest BCUT2D eigenvalue weighted by Crippen LogP contribution is -2.60. The van der Waals surface area contributed by atoms with Crippen LogP contribution in [0.3, 0.4) is 0 Å². The van der Waals surface area contributed by atoms with Gasteiger partial charge in [0.2, 0.25) is 0 Å². The van der Waals surface area contributed by atoms with Crippen molar-refractivity contribution in [3.63, 3.8) is 0 Å². The molecule has 5 aliphatic rings. The van der Waals surface area contributed by atoms with Crippen LogP contribution in [0.25, 0.3) is 0 Å². The van der Waals surface area contributed by atoms with Gasteiger partial charge in [0, 0.05) is 25.2 Å². The molecule has 0 aromatic heterocycles. The molecule has 0 amide bonds. The number of esters is 1. The lowest BCUT2D eigenvalue weighted by atomic mass is 9.45. The molecule has 6 nitrogen and oxygen atoms in total. The third-order valence-corrected chi connectivity index (χ3v) is 12.0. The molecule has 36 heavy (non-hydrogen) atoms. The van der Waals surface area contributed by atoms with Crippen molar-refractivity contribution in [1.82, 2.24) is 0 Å². The Morgan fingerprint density at radius 1 is 1.14 bits per heavy atom. The van der Waals surface area contributed by atoms with Crippen LogP contribution in [-0.4, -0.2) is 51.5 Å². The van der Waals surface area contributed by atoms with Crippen LogP contribution in [0.1, 0.15) is 93.4 Å². The Kier molecular flexibility index (Phi) is 6.14. The van der Waals surface area contributed by atoms with Gasteiger partial charge in [-0.25, -0.2) is 0 Å². The number of aliphatic hydroxyl groups excluding tert-OH is 2. The maximum Gasteiger partial charge on any atom is 0.302 e. The number of ether oxygens (including phenoxy) is 2. The molecule has 4 fully saturated rings. The number of hydrogen-bond acceptors (Lipinski definition) is 6. The first kappa shape index (κ1) is 26.4. The van der Waals surface area contributed by atoms with E-state index in [1.165, 1.54) is 6.92 Å². The molecule has 3 saturated carbocycles. The van der Waals surface area contributed by atoms with Crippen molar-refractivity contribution in [3.05, 3.63) is 11.6 Å². The minimum absolute atomic E-state index is 0.0136. The number of rotatable bonds is 5. The van der Waals surface area contributed by atoms with Gasteiger partial charge in [0.1, 0.15) is 6.10 Å². The Labute approximate surface area is 216 Å². The van der Waals surface area contributed by atoms with Gasteiger partial charge >= 0.3 is 5.97 Å². The summed E-state index contributed by atoms with van der Waals surface area (Å²) in [6.07, 6.45) is 5.75. The fourth-order valence-electron chi connectivity index (χ4n) is 9.51. The third-order valence-electron chi connectivity index (χ3n) is 12.0. The normalized spacial score (nSPS) is 48.7. The topological polar surface area (TPSA) is 96.4 Å². The highest BCUT2D eigenvalue weighted by Gasteiger charge is 2.65. The van der Waals surface area contributed by atoms with Crippen molar-refractivity contribution >= 4 is 11.8 Å². The second-order valence-corrected chi connectivity index (χ2v) is 14.0. The highest BCUT2D eigenvalue weighted by molar-refractivity contribution is 5.92. The van der Waals surface area contributed by atoms with E-state index in [4.69, 9.17) is 9.47 Å². The van der Waals surface area contributed by atoms with Gasteiger partial charge < -0.3 is 19.7 Å². The summed E-state index contributed by atoms with van der Waals surface area (Å²) in [7, 11) is 0. The summed E-state index contributed by atoms with van der Waals surface area (Å²) in [5, 5.41) is 22.8. The fraction of sp³-hybridized carbons (Fsp3) is 0.867. The van der Waals surface area contributed by atoms with Gasteiger partial charge in [-0.15, -0.1) is 0 Å². The van der Waals surface area contributed by atoms with Crippen molar-refractivity contribution in [2.45, 2.75) is 123 Å². The Morgan fingerprint density at radius 3 is 2.42 bits per heavy atom. The zero-order chi connectivity index (χ0) is 26.4. The summed E-state index contributed by atoms with van der Waals surface area (Å²) in [5.74, 6) is 0.804. The van der Waals surface area contributed by atoms with Crippen LogP contribution in [0.2, 0.25) is 0 Å². The predicted molar refractivity (Wildman–Crippen MR) is 136 cm³/mol. The van der Waals surface area contributed by atoms with Crippen molar-refractivity contribution in [2.24, 2.45) is 40.4 Å². The standard InChI is InChI=1S/C30H46O6/c1-16(24(34)15-29(6)27(3,4)36-29)20-8-9-21-26-22(10-11-28(20,21)5)30(7)18(13-23(26)33)12-19(32)14-25(30)35-17(2)31/h12,16,20-26,33-34H,8-11,13-15H2,1-7H3/t16-,20+,21-,22-,23+,24+,25-,26-,28+,29-,30-/m0/s1. The summed E-state index contributed by atoms with van der Waals surface area (Å²) in [6, 6.07) is 0. The number of hydrogen-bond donors (Lipinski definition) is 2. The van der Waals surface area contributed by atoms with Crippen LogP contribution < -0.4 is 0 Å². The lowest BCUT2D eigenvalue weighted by Gasteiger charge is -2.61. The first-order valence-electron chi connectivity index (χ1n) is 14.1. The SMILES string of the molecule is CC(=O)O[C@H]1CC(=O)C=C2C[C@@H](O)[C@H]3[C@@H]4CC[C@H]([C@H](C)[C@H](O)C[C@]5(C)OC5(C)C)[C@@]4(C)CC[C@@H]3[C@]21C. The first-order chi connectivity index (χ1) is 16.6. The zero-order valence-corrected chi connectivity index (χ0v) is 23.2. The quantitative estimate of drug-likeness (QED) is 0.421. The maximum absolute atomic E-state index is 12.5. The average molecular weight is 503 g/mol. The fourth-order valence-corrected chi connectivity index (χ4v) is 9.51. The highest BCUT2D eigenvalue weighted by Crippen LogP contribution is 2.68. The smallest absolute Gasteiger partial charge is 0.302 e.